The summed E-state index contributed by atoms with van der Waals surface area (Å²) in [5, 5.41) is 5.75. The number of hydrogen-bond donors (Lipinski definition) is 1. The molecular weight excluding hydrogens is 252 g/mol. The molecule has 3 heteroatoms. The Labute approximate surface area is 122 Å². The third kappa shape index (κ3) is 3.80. The number of likely N-dealkylation sites (tertiary alicyclic amines) is 1. The Hall–Kier alpha value is -0.380. The number of thiophene rings is 1. The normalized spacial score (nSPS) is 20.8. The summed E-state index contributed by atoms with van der Waals surface area (Å²) in [6.45, 7) is 11.8. The Balaban J connectivity index is 1.73. The minimum Gasteiger partial charge on any atom is -0.310 e. The first-order chi connectivity index (χ1) is 9.19. The standard InChI is InChI=1S/C16H28N2S/c1-4-16(5-2)8-9-18(13-16)14(3)11-17-12-15-7-6-10-19-15/h6-7,10,14,17H,4-5,8-9,11-13H2,1-3H3. The fourth-order valence-electron chi connectivity index (χ4n) is 3.12. The highest BCUT2D eigenvalue weighted by molar-refractivity contribution is 7.09. The van der Waals surface area contributed by atoms with Gasteiger partial charge in [0.05, 0.1) is 0 Å². The fourth-order valence-corrected chi connectivity index (χ4v) is 3.79. The average molecular weight is 280 g/mol. The summed E-state index contributed by atoms with van der Waals surface area (Å²) in [4.78, 5) is 4.11. The third-order valence-electron chi connectivity index (χ3n) is 4.91. The van der Waals surface area contributed by atoms with E-state index in [-0.39, 0.29) is 0 Å². The van der Waals surface area contributed by atoms with E-state index in [0.717, 1.165) is 13.1 Å². The zero-order valence-electron chi connectivity index (χ0n) is 12.6. The van der Waals surface area contributed by atoms with Crippen molar-refractivity contribution in [3.8, 4) is 0 Å². The molecule has 0 spiro atoms. The first-order valence-corrected chi connectivity index (χ1v) is 8.54. The fraction of sp³-hybridized carbons (Fsp3) is 0.750. The third-order valence-corrected chi connectivity index (χ3v) is 5.79. The van der Waals surface area contributed by atoms with Gasteiger partial charge in [-0.05, 0) is 49.6 Å². The second-order valence-electron chi connectivity index (χ2n) is 5.99. The molecule has 1 aliphatic heterocycles. The van der Waals surface area contributed by atoms with Crippen LogP contribution in [-0.2, 0) is 6.54 Å². The van der Waals surface area contributed by atoms with Crippen molar-refractivity contribution in [2.24, 2.45) is 5.41 Å². The Morgan fingerprint density at radius 2 is 2.21 bits per heavy atom. The first kappa shape index (κ1) is 15.0. The van der Waals surface area contributed by atoms with Gasteiger partial charge in [0.2, 0.25) is 0 Å². The van der Waals surface area contributed by atoms with Crippen molar-refractivity contribution in [2.45, 2.75) is 52.6 Å². The average Bonchev–Trinajstić information content (AvgIpc) is 3.08. The van der Waals surface area contributed by atoms with Crippen molar-refractivity contribution in [1.82, 2.24) is 10.2 Å². The number of nitrogens with zero attached hydrogens (tertiary/aromatic N) is 1. The molecule has 0 aromatic carbocycles. The molecule has 1 atom stereocenters. The molecule has 0 bridgehead atoms. The van der Waals surface area contributed by atoms with Crippen LogP contribution >= 0.6 is 11.3 Å². The van der Waals surface area contributed by atoms with Crippen molar-refractivity contribution < 1.29 is 0 Å². The molecule has 0 aliphatic carbocycles. The SMILES string of the molecule is CCC1(CC)CCN(C(C)CNCc2cccs2)C1. The summed E-state index contributed by atoms with van der Waals surface area (Å²) < 4.78 is 0. The molecule has 19 heavy (non-hydrogen) atoms. The highest BCUT2D eigenvalue weighted by Crippen LogP contribution is 2.37. The van der Waals surface area contributed by atoms with Crippen LogP contribution in [0.4, 0.5) is 0 Å². The molecule has 0 radical (unpaired) electrons. The lowest BCUT2D eigenvalue weighted by Crippen LogP contribution is -2.40. The van der Waals surface area contributed by atoms with Gasteiger partial charge in [-0.25, -0.2) is 0 Å². The molecule has 2 rings (SSSR count). The summed E-state index contributed by atoms with van der Waals surface area (Å²) >= 11 is 1.84. The van der Waals surface area contributed by atoms with Crippen LogP contribution in [-0.4, -0.2) is 30.6 Å². The van der Waals surface area contributed by atoms with Crippen LogP contribution in [0, 0.1) is 5.41 Å². The lowest BCUT2D eigenvalue weighted by Gasteiger charge is -2.29. The van der Waals surface area contributed by atoms with E-state index in [9.17, 15) is 0 Å². The molecule has 0 amide bonds. The molecule has 2 heterocycles. The summed E-state index contributed by atoms with van der Waals surface area (Å²) in [6, 6.07) is 4.99. The van der Waals surface area contributed by atoms with Crippen molar-refractivity contribution in [2.75, 3.05) is 19.6 Å². The van der Waals surface area contributed by atoms with Crippen LogP contribution < -0.4 is 5.32 Å². The molecule has 1 N–H and O–H groups in total. The van der Waals surface area contributed by atoms with Crippen LogP contribution in [0.15, 0.2) is 17.5 Å². The number of hydrogen-bond acceptors (Lipinski definition) is 3. The maximum Gasteiger partial charge on any atom is 0.0300 e. The minimum atomic E-state index is 0.599. The molecule has 1 aromatic heterocycles. The molecular formula is C16H28N2S. The van der Waals surface area contributed by atoms with Crippen LogP contribution in [0.25, 0.3) is 0 Å². The van der Waals surface area contributed by atoms with Crippen LogP contribution in [0.5, 0.6) is 0 Å². The summed E-state index contributed by atoms with van der Waals surface area (Å²) in [7, 11) is 0. The summed E-state index contributed by atoms with van der Waals surface area (Å²) in [5.41, 5.74) is 0.599. The van der Waals surface area contributed by atoms with E-state index in [1.807, 2.05) is 11.3 Å². The lowest BCUT2D eigenvalue weighted by molar-refractivity contribution is 0.199. The largest absolute Gasteiger partial charge is 0.310 e. The van der Waals surface area contributed by atoms with Gasteiger partial charge >= 0.3 is 0 Å². The molecule has 1 unspecified atom stereocenters. The van der Waals surface area contributed by atoms with E-state index in [0.29, 0.717) is 11.5 Å². The van der Waals surface area contributed by atoms with E-state index in [4.69, 9.17) is 0 Å². The quantitative estimate of drug-likeness (QED) is 0.818. The Kier molecular flexibility index (Phi) is 5.43. The summed E-state index contributed by atoms with van der Waals surface area (Å²) in [6.07, 6.45) is 4.04. The van der Waals surface area contributed by atoms with Crippen LogP contribution in [0.2, 0.25) is 0 Å². The highest BCUT2D eigenvalue weighted by Gasteiger charge is 2.36. The highest BCUT2D eigenvalue weighted by atomic mass is 32.1. The molecule has 1 aromatic rings. The van der Waals surface area contributed by atoms with E-state index in [1.54, 1.807) is 0 Å². The molecule has 108 valence electrons. The van der Waals surface area contributed by atoms with Crippen molar-refractivity contribution in [3.05, 3.63) is 22.4 Å². The molecule has 1 saturated heterocycles. The van der Waals surface area contributed by atoms with Crippen molar-refractivity contribution in [1.29, 1.82) is 0 Å². The number of rotatable bonds is 7. The van der Waals surface area contributed by atoms with Crippen LogP contribution in [0.1, 0.15) is 44.9 Å². The van der Waals surface area contributed by atoms with Gasteiger partial charge in [0.15, 0.2) is 0 Å². The van der Waals surface area contributed by atoms with Gasteiger partial charge in [0, 0.05) is 30.6 Å². The predicted octanol–water partition coefficient (Wildman–Crippen LogP) is 3.74. The maximum absolute atomic E-state index is 3.60. The van der Waals surface area contributed by atoms with Gasteiger partial charge in [-0.1, -0.05) is 19.9 Å². The van der Waals surface area contributed by atoms with Gasteiger partial charge < -0.3 is 5.32 Å². The molecule has 1 aliphatic rings. The van der Waals surface area contributed by atoms with E-state index < -0.39 is 0 Å². The second kappa shape index (κ2) is 6.87. The lowest BCUT2D eigenvalue weighted by atomic mass is 9.82. The topological polar surface area (TPSA) is 15.3 Å². The van der Waals surface area contributed by atoms with Crippen molar-refractivity contribution in [3.63, 3.8) is 0 Å². The Morgan fingerprint density at radius 1 is 1.42 bits per heavy atom. The van der Waals surface area contributed by atoms with E-state index >= 15 is 0 Å². The molecule has 0 saturated carbocycles. The van der Waals surface area contributed by atoms with Gasteiger partial charge in [-0.2, -0.15) is 0 Å². The number of nitrogens with one attached hydrogen (secondary N) is 1. The second-order valence-corrected chi connectivity index (χ2v) is 7.02. The monoisotopic (exact) mass is 280 g/mol. The first-order valence-electron chi connectivity index (χ1n) is 7.66. The van der Waals surface area contributed by atoms with Crippen LogP contribution in [0.3, 0.4) is 0 Å². The summed E-state index contributed by atoms with van der Waals surface area (Å²) in [5.74, 6) is 0. The van der Waals surface area contributed by atoms with E-state index in [1.165, 1.54) is 37.2 Å². The Bertz CT molecular complexity index is 357. The van der Waals surface area contributed by atoms with Crippen molar-refractivity contribution >= 4 is 11.3 Å². The van der Waals surface area contributed by atoms with Gasteiger partial charge in [-0.15, -0.1) is 11.3 Å². The maximum atomic E-state index is 3.60. The minimum absolute atomic E-state index is 0.599. The molecule has 2 nitrogen and oxygen atoms in total. The zero-order chi connectivity index (χ0) is 13.7. The van der Waals surface area contributed by atoms with E-state index in [2.05, 4.69) is 48.5 Å². The predicted molar refractivity (Wildman–Crippen MR) is 84.7 cm³/mol. The molecule has 1 fully saturated rings. The smallest absolute Gasteiger partial charge is 0.0300 e. The zero-order valence-corrected chi connectivity index (χ0v) is 13.4. The van der Waals surface area contributed by atoms with Gasteiger partial charge in [-0.3, -0.25) is 4.90 Å². The van der Waals surface area contributed by atoms with Gasteiger partial charge in [0.1, 0.15) is 0 Å². The van der Waals surface area contributed by atoms with Gasteiger partial charge in [0.25, 0.3) is 0 Å². The Morgan fingerprint density at radius 3 is 2.79 bits per heavy atom.